The lowest BCUT2D eigenvalue weighted by atomic mass is 9.85. The molecule has 6 nitrogen and oxygen atoms in total. The van der Waals surface area contributed by atoms with E-state index in [4.69, 9.17) is 4.74 Å². The fraction of sp³-hybridized carbons (Fsp3) is 0.650. The maximum Gasteiger partial charge on any atom is 0.241 e. The molecule has 27 heavy (non-hydrogen) atoms. The summed E-state index contributed by atoms with van der Waals surface area (Å²) in [5.41, 5.74) is 0. The molecule has 0 aliphatic heterocycles. The molecule has 0 unspecified atom stereocenters. The summed E-state index contributed by atoms with van der Waals surface area (Å²) in [4.78, 5) is 12.4. The third-order valence-corrected chi connectivity index (χ3v) is 7.42. The molecule has 2 fully saturated rings. The van der Waals surface area contributed by atoms with Gasteiger partial charge in [-0.05, 0) is 55.4 Å². The first-order valence-electron chi connectivity index (χ1n) is 9.85. The molecule has 2 saturated carbocycles. The Balaban J connectivity index is 1.45. The summed E-state index contributed by atoms with van der Waals surface area (Å²) < 4.78 is 32.3. The van der Waals surface area contributed by atoms with E-state index in [1.54, 1.807) is 19.1 Å². The zero-order chi connectivity index (χ0) is 19.4. The number of hydrogen-bond acceptors (Lipinski definition) is 4. The molecular weight excluding hydrogens is 364 g/mol. The average Bonchev–Trinajstić information content (AvgIpc) is 3.46. The van der Waals surface area contributed by atoms with E-state index in [9.17, 15) is 13.2 Å². The summed E-state index contributed by atoms with van der Waals surface area (Å²) in [5.74, 6) is 2.43. The van der Waals surface area contributed by atoms with Crippen molar-refractivity contribution in [3.05, 3.63) is 24.3 Å². The molecule has 0 radical (unpaired) electrons. The highest BCUT2D eigenvalue weighted by atomic mass is 32.2. The molecule has 0 saturated heterocycles. The molecule has 1 aromatic carbocycles. The third-order valence-electron chi connectivity index (χ3n) is 5.87. The van der Waals surface area contributed by atoms with Crippen LogP contribution in [0.2, 0.25) is 0 Å². The molecule has 7 heteroatoms. The van der Waals surface area contributed by atoms with Crippen molar-refractivity contribution in [1.29, 1.82) is 0 Å². The number of benzene rings is 1. The quantitative estimate of drug-likeness (QED) is 0.710. The molecule has 0 spiro atoms. The summed E-state index contributed by atoms with van der Waals surface area (Å²) >= 11 is 0. The van der Waals surface area contributed by atoms with E-state index in [1.165, 1.54) is 57.8 Å². The van der Waals surface area contributed by atoms with Gasteiger partial charge in [0.25, 0.3) is 0 Å². The molecule has 2 N–H and O–H groups in total. The molecule has 1 amide bonds. The zero-order valence-corrected chi connectivity index (χ0v) is 16.9. The molecule has 0 heterocycles. The molecule has 1 aromatic rings. The molecule has 3 atom stereocenters. The molecule has 2 aliphatic carbocycles. The fourth-order valence-corrected chi connectivity index (χ4v) is 5.34. The highest BCUT2D eigenvalue weighted by Gasteiger charge is 2.42. The van der Waals surface area contributed by atoms with Crippen molar-refractivity contribution in [3.8, 4) is 5.75 Å². The van der Waals surface area contributed by atoms with Crippen LogP contribution in [-0.2, 0) is 14.8 Å². The number of rotatable bonds is 8. The van der Waals surface area contributed by atoms with Crippen LogP contribution in [-0.4, -0.2) is 34.0 Å². The standard InChI is InChI=1S/C20H30N2O4S/c1-14(22-27(24,25)18-10-8-17(26-2)9-11-18)20(23)21-13-16-12-19(16)15-6-4-3-5-7-15/h8-11,14-16,19,22H,3-7,12-13H2,1-2H3,(H,21,23)/t14-,16-,19-/m0/s1. The lowest BCUT2D eigenvalue weighted by molar-refractivity contribution is -0.122. The van der Waals surface area contributed by atoms with Crippen LogP contribution in [0, 0.1) is 17.8 Å². The van der Waals surface area contributed by atoms with Gasteiger partial charge in [-0.3, -0.25) is 4.79 Å². The Morgan fingerprint density at radius 2 is 1.85 bits per heavy atom. The molecule has 0 bridgehead atoms. The summed E-state index contributed by atoms with van der Waals surface area (Å²) in [6.45, 7) is 2.22. The Labute approximate surface area is 162 Å². The largest absolute Gasteiger partial charge is 0.497 e. The monoisotopic (exact) mass is 394 g/mol. The second kappa shape index (κ2) is 8.61. The Kier molecular flexibility index (Phi) is 6.42. The zero-order valence-electron chi connectivity index (χ0n) is 16.1. The van der Waals surface area contributed by atoms with E-state index in [2.05, 4.69) is 10.0 Å². The van der Waals surface area contributed by atoms with Gasteiger partial charge in [-0.1, -0.05) is 32.1 Å². The summed E-state index contributed by atoms with van der Waals surface area (Å²) in [6, 6.07) is 5.27. The second-order valence-electron chi connectivity index (χ2n) is 7.82. The van der Waals surface area contributed by atoms with Crippen LogP contribution in [0.1, 0.15) is 45.4 Å². The van der Waals surface area contributed by atoms with Gasteiger partial charge in [-0.15, -0.1) is 0 Å². The minimum Gasteiger partial charge on any atom is -0.497 e. The molecular formula is C20H30N2O4S. The number of methoxy groups -OCH3 is 1. The first kappa shape index (κ1) is 20.1. The summed E-state index contributed by atoms with van der Waals surface area (Å²) in [6.07, 6.45) is 7.88. The third kappa shape index (κ3) is 5.23. The van der Waals surface area contributed by atoms with E-state index in [0.29, 0.717) is 18.2 Å². The number of sulfonamides is 1. The van der Waals surface area contributed by atoms with Crippen LogP contribution in [0.5, 0.6) is 5.75 Å². The SMILES string of the molecule is COc1ccc(S(=O)(=O)N[C@@H](C)C(=O)NC[C@@H]2C[C@H]2C2CCCCC2)cc1. The van der Waals surface area contributed by atoms with Gasteiger partial charge in [-0.25, -0.2) is 8.42 Å². The molecule has 0 aromatic heterocycles. The summed E-state index contributed by atoms with van der Waals surface area (Å²) in [5, 5.41) is 2.92. The number of amides is 1. The van der Waals surface area contributed by atoms with Crippen molar-refractivity contribution in [3.63, 3.8) is 0 Å². The van der Waals surface area contributed by atoms with Crippen molar-refractivity contribution >= 4 is 15.9 Å². The first-order valence-corrected chi connectivity index (χ1v) is 11.3. The van der Waals surface area contributed by atoms with Crippen LogP contribution < -0.4 is 14.8 Å². The molecule has 150 valence electrons. The predicted octanol–water partition coefficient (Wildman–Crippen LogP) is 2.69. The molecule has 2 aliphatic rings. The Bertz CT molecular complexity index is 742. The van der Waals surface area contributed by atoms with Crippen molar-refractivity contribution in [2.24, 2.45) is 17.8 Å². The van der Waals surface area contributed by atoms with Gasteiger partial charge in [0.2, 0.25) is 15.9 Å². The van der Waals surface area contributed by atoms with E-state index >= 15 is 0 Å². The van der Waals surface area contributed by atoms with Gasteiger partial charge in [0.15, 0.2) is 0 Å². The van der Waals surface area contributed by atoms with Crippen molar-refractivity contribution < 1.29 is 17.9 Å². The minimum atomic E-state index is -3.75. The lowest BCUT2D eigenvalue weighted by Crippen LogP contribution is -2.45. The number of carbonyl (C=O) groups is 1. The highest BCUT2D eigenvalue weighted by molar-refractivity contribution is 7.89. The Morgan fingerprint density at radius 3 is 2.48 bits per heavy atom. The van der Waals surface area contributed by atoms with Crippen molar-refractivity contribution in [2.45, 2.75) is 56.4 Å². The lowest BCUT2D eigenvalue weighted by Gasteiger charge is -2.21. The first-order chi connectivity index (χ1) is 12.9. The number of carbonyl (C=O) groups excluding carboxylic acids is 1. The molecule has 3 rings (SSSR count). The van der Waals surface area contributed by atoms with Gasteiger partial charge >= 0.3 is 0 Å². The van der Waals surface area contributed by atoms with Gasteiger partial charge in [0.05, 0.1) is 18.0 Å². The number of nitrogens with one attached hydrogen (secondary N) is 2. The Morgan fingerprint density at radius 1 is 1.19 bits per heavy atom. The van der Waals surface area contributed by atoms with Gasteiger partial charge < -0.3 is 10.1 Å². The van der Waals surface area contributed by atoms with Gasteiger partial charge in [0.1, 0.15) is 5.75 Å². The van der Waals surface area contributed by atoms with Crippen LogP contribution in [0.3, 0.4) is 0 Å². The van der Waals surface area contributed by atoms with Gasteiger partial charge in [-0.2, -0.15) is 4.72 Å². The maximum absolute atomic E-state index is 12.4. The van der Waals surface area contributed by atoms with E-state index in [0.717, 1.165) is 11.8 Å². The fourth-order valence-electron chi connectivity index (χ4n) is 4.14. The predicted molar refractivity (Wildman–Crippen MR) is 104 cm³/mol. The van der Waals surface area contributed by atoms with Crippen molar-refractivity contribution in [1.82, 2.24) is 10.0 Å². The maximum atomic E-state index is 12.4. The van der Waals surface area contributed by atoms with Crippen LogP contribution in [0.4, 0.5) is 0 Å². The van der Waals surface area contributed by atoms with Crippen molar-refractivity contribution in [2.75, 3.05) is 13.7 Å². The van der Waals surface area contributed by atoms with Crippen LogP contribution in [0.15, 0.2) is 29.2 Å². The van der Waals surface area contributed by atoms with E-state index in [1.807, 2.05) is 0 Å². The smallest absolute Gasteiger partial charge is 0.241 e. The van der Waals surface area contributed by atoms with E-state index < -0.39 is 16.1 Å². The number of ether oxygens (including phenoxy) is 1. The van der Waals surface area contributed by atoms with Crippen LogP contribution >= 0.6 is 0 Å². The topological polar surface area (TPSA) is 84.5 Å². The summed E-state index contributed by atoms with van der Waals surface area (Å²) in [7, 11) is -2.23. The van der Waals surface area contributed by atoms with E-state index in [-0.39, 0.29) is 10.8 Å². The second-order valence-corrected chi connectivity index (χ2v) is 9.54. The number of hydrogen-bond donors (Lipinski definition) is 2. The minimum absolute atomic E-state index is 0.113. The van der Waals surface area contributed by atoms with Crippen LogP contribution in [0.25, 0.3) is 0 Å². The average molecular weight is 395 g/mol. The van der Waals surface area contributed by atoms with Gasteiger partial charge in [0, 0.05) is 6.54 Å². The Hall–Kier alpha value is -1.60. The highest BCUT2D eigenvalue weighted by Crippen LogP contribution is 2.48. The normalized spacial score (nSPS) is 24.2.